The summed E-state index contributed by atoms with van der Waals surface area (Å²) in [5, 5.41) is 9.68. The van der Waals surface area contributed by atoms with Gasteiger partial charge in [-0.05, 0) is 25.1 Å². The largest absolute Gasteiger partial charge is 0.322 e. The molecule has 1 aromatic carbocycles. The van der Waals surface area contributed by atoms with Gasteiger partial charge in [0.15, 0.2) is 0 Å². The predicted octanol–water partition coefficient (Wildman–Crippen LogP) is 1.64. The molecule has 1 amide bonds. The number of para-hydroxylation sites is 1. The number of nitrogens with zero attached hydrogens (tertiary/aromatic N) is 2. The van der Waals surface area contributed by atoms with Gasteiger partial charge in [0.1, 0.15) is 5.82 Å². The first kappa shape index (κ1) is 14.2. The van der Waals surface area contributed by atoms with Crippen molar-refractivity contribution in [2.75, 3.05) is 11.9 Å². The summed E-state index contributed by atoms with van der Waals surface area (Å²) in [6, 6.07) is 8.02. The van der Waals surface area contributed by atoms with Crippen molar-refractivity contribution in [1.29, 1.82) is 0 Å². The molecule has 0 fully saturated rings. The minimum atomic E-state index is -0.439. The third kappa shape index (κ3) is 4.17. The van der Waals surface area contributed by atoms with Crippen LogP contribution < -0.4 is 10.6 Å². The number of benzene rings is 1. The maximum absolute atomic E-state index is 13.4. The Morgan fingerprint density at radius 2 is 2.20 bits per heavy atom. The maximum Gasteiger partial charge on any atom is 0.238 e. The van der Waals surface area contributed by atoms with Crippen molar-refractivity contribution >= 4 is 11.6 Å². The second kappa shape index (κ2) is 6.81. The highest BCUT2D eigenvalue weighted by Gasteiger charge is 2.08. The van der Waals surface area contributed by atoms with E-state index in [-0.39, 0.29) is 24.2 Å². The number of halogens is 1. The molecule has 0 saturated carbocycles. The molecule has 2 rings (SSSR count). The molecule has 0 spiro atoms. The number of hydrogen-bond acceptors (Lipinski definition) is 3. The van der Waals surface area contributed by atoms with E-state index in [9.17, 15) is 9.18 Å². The lowest BCUT2D eigenvalue weighted by atomic mass is 10.3. The fraction of sp³-hybridized carbons (Fsp3) is 0.286. The zero-order valence-electron chi connectivity index (χ0n) is 11.2. The van der Waals surface area contributed by atoms with Crippen molar-refractivity contribution in [3.8, 4) is 0 Å². The van der Waals surface area contributed by atoms with Crippen molar-refractivity contribution < 1.29 is 9.18 Å². The van der Waals surface area contributed by atoms with Gasteiger partial charge in [-0.1, -0.05) is 12.1 Å². The van der Waals surface area contributed by atoms with Gasteiger partial charge >= 0.3 is 0 Å². The van der Waals surface area contributed by atoms with E-state index >= 15 is 0 Å². The normalized spacial score (nSPS) is 12.1. The molecule has 1 atom stereocenters. The van der Waals surface area contributed by atoms with E-state index in [1.807, 2.05) is 19.2 Å². The molecular weight excluding hydrogens is 259 g/mol. The van der Waals surface area contributed by atoms with Crippen LogP contribution in [0.15, 0.2) is 42.7 Å². The monoisotopic (exact) mass is 276 g/mol. The molecule has 0 aliphatic heterocycles. The van der Waals surface area contributed by atoms with E-state index in [4.69, 9.17) is 0 Å². The summed E-state index contributed by atoms with van der Waals surface area (Å²) >= 11 is 0. The van der Waals surface area contributed by atoms with Crippen LogP contribution in [0.1, 0.15) is 6.92 Å². The average molecular weight is 276 g/mol. The van der Waals surface area contributed by atoms with E-state index in [1.54, 1.807) is 23.0 Å². The standard InChI is InChI=1S/C14H17FN4O/c1-11(10-19-8-4-7-17-19)16-9-14(20)18-13-6-3-2-5-12(13)15/h2-8,11,16H,9-10H2,1H3,(H,18,20). The first-order chi connectivity index (χ1) is 9.65. The highest BCUT2D eigenvalue weighted by Crippen LogP contribution is 2.11. The summed E-state index contributed by atoms with van der Waals surface area (Å²) in [6.07, 6.45) is 3.56. The molecular formula is C14H17FN4O. The van der Waals surface area contributed by atoms with Crippen LogP contribution in [-0.4, -0.2) is 28.3 Å². The van der Waals surface area contributed by atoms with Crippen LogP contribution in [0.25, 0.3) is 0 Å². The number of hydrogen-bond donors (Lipinski definition) is 2. The van der Waals surface area contributed by atoms with Crippen LogP contribution in [0.5, 0.6) is 0 Å². The highest BCUT2D eigenvalue weighted by atomic mass is 19.1. The van der Waals surface area contributed by atoms with Crippen molar-refractivity contribution in [2.45, 2.75) is 19.5 Å². The van der Waals surface area contributed by atoms with Gasteiger partial charge in [-0.3, -0.25) is 9.48 Å². The van der Waals surface area contributed by atoms with Crippen LogP contribution in [-0.2, 0) is 11.3 Å². The number of carbonyl (C=O) groups is 1. The zero-order chi connectivity index (χ0) is 14.4. The summed E-state index contributed by atoms with van der Waals surface area (Å²) in [5.74, 6) is -0.715. The zero-order valence-corrected chi connectivity index (χ0v) is 11.2. The molecule has 0 bridgehead atoms. The van der Waals surface area contributed by atoms with E-state index < -0.39 is 5.82 Å². The number of anilines is 1. The quantitative estimate of drug-likeness (QED) is 0.843. The van der Waals surface area contributed by atoms with Gasteiger partial charge in [0, 0.05) is 18.4 Å². The van der Waals surface area contributed by atoms with Crippen LogP contribution in [0.3, 0.4) is 0 Å². The second-order valence-electron chi connectivity index (χ2n) is 4.54. The van der Waals surface area contributed by atoms with Crippen molar-refractivity contribution in [3.63, 3.8) is 0 Å². The Hall–Kier alpha value is -2.21. The van der Waals surface area contributed by atoms with Gasteiger partial charge in [-0.2, -0.15) is 5.10 Å². The van der Waals surface area contributed by atoms with Crippen LogP contribution >= 0.6 is 0 Å². The lowest BCUT2D eigenvalue weighted by Gasteiger charge is -2.14. The summed E-state index contributed by atoms with van der Waals surface area (Å²) in [4.78, 5) is 11.7. The molecule has 0 aliphatic rings. The SMILES string of the molecule is CC(Cn1cccn1)NCC(=O)Nc1ccccc1F. The Morgan fingerprint density at radius 3 is 2.90 bits per heavy atom. The molecule has 0 radical (unpaired) electrons. The van der Waals surface area contributed by atoms with Gasteiger partial charge in [0.2, 0.25) is 5.91 Å². The van der Waals surface area contributed by atoms with E-state index in [1.165, 1.54) is 12.1 Å². The van der Waals surface area contributed by atoms with E-state index in [2.05, 4.69) is 15.7 Å². The molecule has 5 nitrogen and oxygen atoms in total. The smallest absolute Gasteiger partial charge is 0.238 e. The number of rotatable bonds is 6. The van der Waals surface area contributed by atoms with Gasteiger partial charge in [0.25, 0.3) is 0 Å². The lowest BCUT2D eigenvalue weighted by Crippen LogP contribution is -2.37. The van der Waals surface area contributed by atoms with Gasteiger partial charge in [-0.25, -0.2) is 4.39 Å². The summed E-state index contributed by atoms with van der Waals surface area (Å²) in [7, 11) is 0. The fourth-order valence-electron chi connectivity index (χ4n) is 1.78. The Bertz CT molecular complexity index is 556. The topological polar surface area (TPSA) is 59.0 Å². The first-order valence-corrected chi connectivity index (χ1v) is 6.40. The van der Waals surface area contributed by atoms with Crippen molar-refractivity contribution in [3.05, 3.63) is 48.5 Å². The van der Waals surface area contributed by atoms with Gasteiger partial charge in [0.05, 0.1) is 18.8 Å². The number of amides is 1. The Kier molecular flexibility index (Phi) is 4.84. The van der Waals surface area contributed by atoms with Crippen LogP contribution in [0, 0.1) is 5.82 Å². The molecule has 1 aromatic heterocycles. The number of nitrogens with one attached hydrogen (secondary N) is 2. The molecule has 106 valence electrons. The van der Waals surface area contributed by atoms with Gasteiger partial charge < -0.3 is 10.6 Å². The van der Waals surface area contributed by atoms with Crippen molar-refractivity contribution in [1.82, 2.24) is 15.1 Å². The lowest BCUT2D eigenvalue weighted by molar-refractivity contribution is -0.115. The molecule has 0 aliphatic carbocycles. The molecule has 1 heterocycles. The molecule has 2 N–H and O–H groups in total. The average Bonchev–Trinajstić information content (AvgIpc) is 2.92. The Morgan fingerprint density at radius 1 is 1.40 bits per heavy atom. The third-order valence-corrected chi connectivity index (χ3v) is 2.78. The summed E-state index contributed by atoms with van der Waals surface area (Å²) in [5.41, 5.74) is 0.194. The molecule has 6 heteroatoms. The molecule has 0 saturated heterocycles. The fourth-order valence-corrected chi connectivity index (χ4v) is 1.78. The van der Waals surface area contributed by atoms with Crippen LogP contribution in [0.4, 0.5) is 10.1 Å². The minimum absolute atomic E-state index is 0.0845. The second-order valence-corrected chi connectivity index (χ2v) is 4.54. The van der Waals surface area contributed by atoms with Crippen LogP contribution in [0.2, 0.25) is 0 Å². The third-order valence-electron chi connectivity index (χ3n) is 2.78. The van der Waals surface area contributed by atoms with Gasteiger partial charge in [-0.15, -0.1) is 0 Å². The predicted molar refractivity (Wildman–Crippen MR) is 74.7 cm³/mol. The van der Waals surface area contributed by atoms with E-state index in [0.717, 1.165) is 0 Å². The Balaban J connectivity index is 1.76. The summed E-state index contributed by atoms with van der Waals surface area (Å²) in [6.45, 7) is 2.74. The van der Waals surface area contributed by atoms with Crippen molar-refractivity contribution in [2.24, 2.45) is 0 Å². The first-order valence-electron chi connectivity index (χ1n) is 6.40. The van der Waals surface area contributed by atoms with E-state index in [0.29, 0.717) is 6.54 Å². The number of carbonyl (C=O) groups excluding carboxylic acids is 1. The summed E-state index contributed by atoms with van der Waals surface area (Å²) < 4.78 is 15.1. The molecule has 20 heavy (non-hydrogen) atoms. The Labute approximate surface area is 116 Å². The maximum atomic E-state index is 13.4. The molecule has 2 aromatic rings. The minimum Gasteiger partial charge on any atom is -0.322 e. The number of aromatic nitrogens is 2. The molecule has 1 unspecified atom stereocenters. The highest BCUT2D eigenvalue weighted by molar-refractivity contribution is 5.92.